The zero-order chi connectivity index (χ0) is 10.3. The number of phenols is 1. The van der Waals surface area contributed by atoms with Gasteiger partial charge in [-0.25, -0.2) is 4.39 Å². The third-order valence-electron chi connectivity index (χ3n) is 2.55. The van der Waals surface area contributed by atoms with Crippen molar-refractivity contribution in [2.24, 2.45) is 5.73 Å². The Balaban J connectivity index is 2.29. The lowest BCUT2D eigenvalue weighted by molar-refractivity contribution is 0.463. The minimum atomic E-state index is -0.387. The van der Waals surface area contributed by atoms with Crippen molar-refractivity contribution in [1.29, 1.82) is 0 Å². The van der Waals surface area contributed by atoms with Gasteiger partial charge in [-0.1, -0.05) is 0 Å². The summed E-state index contributed by atoms with van der Waals surface area (Å²) in [6, 6.07) is 2.71. The van der Waals surface area contributed by atoms with E-state index in [0.717, 1.165) is 18.9 Å². The number of rotatable bonds is 2. The minimum Gasteiger partial charge on any atom is -0.507 e. The van der Waals surface area contributed by atoms with Crippen LogP contribution in [0.1, 0.15) is 18.4 Å². The van der Waals surface area contributed by atoms with Crippen LogP contribution >= 0.6 is 15.9 Å². The van der Waals surface area contributed by atoms with Crippen molar-refractivity contribution in [3.8, 4) is 5.75 Å². The Kier molecular flexibility index (Phi) is 2.27. The molecule has 0 heterocycles. The van der Waals surface area contributed by atoms with Crippen LogP contribution < -0.4 is 5.73 Å². The van der Waals surface area contributed by atoms with Crippen molar-refractivity contribution in [3.63, 3.8) is 0 Å². The molecule has 0 atom stereocenters. The Hall–Kier alpha value is -0.610. The highest BCUT2D eigenvalue weighted by Crippen LogP contribution is 2.37. The number of aromatic hydroxyl groups is 1. The number of hydrogen-bond acceptors (Lipinski definition) is 2. The van der Waals surface area contributed by atoms with Gasteiger partial charge in [0.15, 0.2) is 0 Å². The summed E-state index contributed by atoms with van der Waals surface area (Å²) >= 11 is 3.15. The van der Waals surface area contributed by atoms with E-state index in [0.29, 0.717) is 16.5 Å². The first-order valence-corrected chi connectivity index (χ1v) is 5.25. The van der Waals surface area contributed by atoms with Crippen molar-refractivity contribution in [3.05, 3.63) is 28.0 Å². The summed E-state index contributed by atoms with van der Waals surface area (Å²) in [5.41, 5.74) is 6.24. The zero-order valence-electron chi connectivity index (χ0n) is 7.56. The summed E-state index contributed by atoms with van der Waals surface area (Å²) in [4.78, 5) is 0. The smallest absolute Gasteiger partial charge is 0.132 e. The second kappa shape index (κ2) is 3.21. The molecule has 2 rings (SSSR count). The predicted octanol–water partition coefficient (Wildman–Crippen LogP) is 2.33. The van der Waals surface area contributed by atoms with Crippen LogP contribution in [0.25, 0.3) is 0 Å². The van der Waals surface area contributed by atoms with Gasteiger partial charge in [0, 0.05) is 11.6 Å². The van der Waals surface area contributed by atoms with E-state index in [1.165, 1.54) is 0 Å². The highest BCUT2D eigenvalue weighted by molar-refractivity contribution is 9.10. The molecule has 0 bridgehead atoms. The average Bonchev–Trinajstić information content (AvgIpc) is 2.80. The number of nitrogens with two attached hydrogens (primary N) is 1. The van der Waals surface area contributed by atoms with Crippen LogP contribution in [0.15, 0.2) is 16.6 Å². The number of phenolic OH excluding ortho intramolecular Hbond substituents is 1. The fourth-order valence-corrected chi connectivity index (χ4v) is 1.82. The van der Waals surface area contributed by atoms with Crippen LogP contribution in [0.5, 0.6) is 5.75 Å². The van der Waals surface area contributed by atoms with Crippen LogP contribution in [-0.4, -0.2) is 10.6 Å². The molecule has 0 spiro atoms. The molecule has 0 saturated heterocycles. The van der Waals surface area contributed by atoms with Crippen molar-refractivity contribution in [1.82, 2.24) is 0 Å². The molecule has 1 aromatic rings. The molecule has 0 amide bonds. The molecule has 76 valence electrons. The quantitative estimate of drug-likeness (QED) is 0.857. The molecule has 1 aliphatic rings. The molecule has 1 aromatic carbocycles. The van der Waals surface area contributed by atoms with Crippen LogP contribution in [0.3, 0.4) is 0 Å². The number of halogens is 2. The molecule has 0 aromatic heterocycles. The van der Waals surface area contributed by atoms with E-state index < -0.39 is 0 Å². The third kappa shape index (κ3) is 1.91. The Morgan fingerprint density at radius 3 is 2.71 bits per heavy atom. The summed E-state index contributed by atoms with van der Waals surface area (Å²) < 4.78 is 13.9. The summed E-state index contributed by atoms with van der Waals surface area (Å²) in [6.45, 7) is 0. The van der Waals surface area contributed by atoms with Crippen LogP contribution in [0, 0.1) is 5.82 Å². The molecule has 1 saturated carbocycles. The molecular formula is C10H11BrFNO. The molecule has 3 N–H and O–H groups in total. The molecular weight excluding hydrogens is 249 g/mol. The van der Waals surface area contributed by atoms with Gasteiger partial charge in [0.2, 0.25) is 0 Å². The average molecular weight is 260 g/mol. The monoisotopic (exact) mass is 259 g/mol. The molecule has 0 aliphatic heterocycles. The summed E-state index contributed by atoms with van der Waals surface area (Å²) in [5.74, 6) is -0.462. The topological polar surface area (TPSA) is 46.2 Å². The standard InChI is InChI=1S/C10H11BrFNO/c11-7-3-6(5-10(13)1-2-10)8(12)4-9(7)14/h3-4,14H,1-2,5,13H2. The summed E-state index contributed by atoms with van der Waals surface area (Å²) in [6.07, 6.45) is 2.44. The van der Waals surface area contributed by atoms with Gasteiger partial charge in [0.1, 0.15) is 11.6 Å². The van der Waals surface area contributed by atoms with Gasteiger partial charge < -0.3 is 10.8 Å². The van der Waals surface area contributed by atoms with Gasteiger partial charge in [-0.05, 0) is 46.8 Å². The normalized spacial score (nSPS) is 18.2. The zero-order valence-corrected chi connectivity index (χ0v) is 9.14. The van der Waals surface area contributed by atoms with E-state index in [-0.39, 0.29) is 17.1 Å². The molecule has 0 radical (unpaired) electrons. The lowest BCUT2D eigenvalue weighted by Crippen LogP contribution is -2.25. The maximum Gasteiger partial charge on any atom is 0.132 e. The fourth-order valence-electron chi connectivity index (χ4n) is 1.43. The van der Waals surface area contributed by atoms with Crippen molar-refractivity contribution >= 4 is 15.9 Å². The fraction of sp³-hybridized carbons (Fsp3) is 0.400. The molecule has 2 nitrogen and oxygen atoms in total. The van der Waals surface area contributed by atoms with E-state index in [1.54, 1.807) is 6.07 Å². The third-order valence-corrected chi connectivity index (χ3v) is 3.19. The van der Waals surface area contributed by atoms with E-state index in [1.807, 2.05) is 0 Å². The maximum absolute atomic E-state index is 13.4. The Bertz CT molecular complexity index is 377. The van der Waals surface area contributed by atoms with E-state index in [2.05, 4.69) is 15.9 Å². The number of benzene rings is 1. The Morgan fingerprint density at radius 1 is 1.50 bits per heavy atom. The number of hydrogen-bond donors (Lipinski definition) is 2. The van der Waals surface area contributed by atoms with Gasteiger partial charge in [0.05, 0.1) is 4.47 Å². The SMILES string of the molecule is NC1(Cc2cc(Br)c(O)cc2F)CC1. The highest BCUT2D eigenvalue weighted by Gasteiger charge is 2.38. The van der Waals surface area contributed by atoms with Gasteiger partial charge in [-0.15, -0.1) is 0 Å². The lowest BCUT2D eigenvalue weighted by Gasteiger charge is -2.10. The summed E-state index contributed by atoms with van der Waals surface area (Å²) in [5, 5.41) is 9.22. The van der Waals surface area contributed by atoms with Gasteiger partial charge in [-0.3, -0.25) is 0 Å². The highest BCUT2D eigenvalue weighted by atomic mass is 79.9. The summed E-state index contributed by atoms with van der Waals surface area (Å²) in [7, 11) is 0. The van der Waals surface area contributed by atoms with Gasteiger partial charge in [0.25, 0.3) is 0 Å². The Labute approximate surface area is 90.1 Å². The minimum absolute atomic E-state index is 0.0758. The largest absolute Gasteiger partial charge is 0.507 e. The van der Waals surface area contributed by atoms with Crippen molar-refractivity contribution in [2.45, 2.75) is 24.8 Å². The lowest BCUT2D eigenvalue weighted by atomic mass is 10.0. The first-order chi connectivity index (χ1) is 6.50. The van der Waals surface area contributed by atoms with E-state index in [9.17, 15) is 9.50 Å². The van der Waals surface area contributed by atoms with Crippen LogP contribution in [-0.2, 0) is 6.42 Å². The molecule has 1 aliphatic carbocycles. The first-order valence-electron chi connectivity index (χ1n) is 4.46. The second-order valence-electron chi connectivity index (χ2n) is 3.93. The van der Waals surface area contributed by atoms with Crippen molar-refractivity contribution < 1.29 is 9.50 Å². The van der Waals surface area contributed by atoms with Crippen molar-refractivity contribution in [2.75, 3.05) is 0 Å². The Morgan fingerprint density at radius 2 is 2.14 bits per heavy atom. The predicted molar refractivity (Wildman–Crippen MR) is 55.6 cm³/mol. The molecule has 1 fully saturated rings. The second-order valence-corrected chi connectivity index (χ2v) is 4.79. The van der Waals surface area contributed by atoms with Crippen LogP contribution in [0.4, 0.5) is 4.39 Å². The molecule has 14 heavy (non-hydrogen) atoms. The van der Waals surface area contributed by atoms with Crippen LogP contribution in [0.2, 0.25) is 0 Å². The van der Waals surface area contributed by atoms with E-state index in [4.69, 9.17) is 5.73 Å². The van der Waals surface area contributed by atoms with E-state index >= 15 is 0 Å². The molecule has 0 unspecified atom stereocenters. The van der Waals surface area contributed by atoms with Gasteiger partial charge >= 0.3 is 0 Å². The maximum atomic E-state index is 13.4. The molecule has 4 heteroatoms. The van der Waals surface area contributed by atoms with Gasteiger partial charge in [-0.2, -0.15) is 0 Å². The first kappa shape index (κ1) is 9.93.